The SMILES string of the molecule is CCS(=O)(=O)NC(C)c1ccc(S(C)(=O)=O)cc1. The van der Waals surface area contributed by atoms with Gasteiger partial charge in [0.1, 0.15) is 0 Å². The summed E-state index contributed by atoms with van der Waals surface area (Å²) in [4.78, 5) is 0.219. The van der Waals surface area contributed by atoms with E-state index < -0.39 is 19.9 Å². The van der Waals surface area contributed by atoms with Crippen LogP contribution in [0.15, 0.2) is 29.2 Å². The van der Waals surface area contributed by atoms with Crippen LogP contribution >= 0.6 is 0 Å². The van der Waals surface area contributed by atoms with Gasteiger partial charge in [0.05, 0.1) is 10.6 Å². The van der Waals surface area contributed by atoms with Crippen molar-refractivity contribution >= 4 is 19.9 Å². The molecule has 0 spiro atoms. The van der Waals surface area contributed by atoms with Crippen LogP contribution in [-0.2, 0) is 19.9 Å². The van der Waals surface area contributed by atoms with Gasteiger partial charge in [-0.3, -0.25) is 0 Å². The number of rotatable bonds is 5. The maximum atomic E-state index is 11.4. The summed E-state index contributed by atoms with van der Waals surface area (Å²) in [5, 5.41) is 0. The molecule has 0 radical (unpaired) electrons. The number of sulfonamides is 1. The molecule has 0 aromatic heterocycles. The van der Waals surface area contributed by atoms with Crippen molar-refractivity contribution < 1.29 is 16.8 Å². The highest BCUT2D eigenvalue weighted by molar-refractivity contribution is 7.90. The molecule has 0 amide bonds. The second-order valence-corrected chi connectivity index (χ2v) is 8.14. The second-order valence-electron chi connectivity index (χ2n) is 4.08. The first-order chi connectivity index (χ1) is 8.15. The summed E-state index contributed by atoms with van der Waals surface area (Å²) in [5.41, 5.74) is 0.722. The Morgan fingerprint density at radius 2 is 1.61 bits per heavy atom. The molecule has 7 heteroatoms. The van der Waals surface area contributed by atoms with Crippen LogP contribution < -0.4 is 4.72 Å². The van der Waals surface area contributed by atoms with Crippen LogP contribution in [0.4, 0.5) is 0 Å². The van der Waals surface area contributed by atoms with Gasteiger partial charge in [-0.2, -0.15) is 0 Å². The standard InChI is InChI=1S/C11H17NO4S2/c1-4-18(15,16)12-9(2)10-5-7-11(8-6-10)17(3,13)14/h5-9,12H,4H2,1-3H3. The zero-order valence-electron chi connectivity index (χ0n) is 10.5. The van der Waals surface area contributed by atoms with Crippen molar-refractivity contribution in [2.45, 2.75) is 24.8 Å². The van der Waals surface area contributed by atoms with Crippen LogP contribution in [-0.4, -0.2) is 28.8 Å². The molecule has 0 heterocycles. The summed E-state index contributed by atoms with van der Waals surface area (Å²) in [6, 6.07) is 5.78. The highest BCUT2D eigenvalue weighted by Crippen LogP contribution is 2.16. The predicted octanol–water partition coefficient (Wildman–Crippen LogP) is 1.09. The van der Waals surface area contributed by atoms with Crippen LogP contribution in [0.1, 0.15) is 25.5 Å². The Kier molecular flexibility index (Phi) is 4.52. The normalized spacial score (nSPS) is 14.4. The van der Waals surface area contributed by atoms with E-state index in [1.165, 1.54) is 12.1 Å². The summed E-state index contributed by atoms with van der Waals surface area (Å²) in [6.45, 7) is 3.27. The van der Waals surface area contributed by atoms with E-state index in [1.54, 1.807) is 26.0 Å². The van der Waals surface area contributed by atoms with Gasteiger partial charge in [0.2, 0.25) is 10.0 Å². The number of hydrogen-bond donors (Lipinski definition) is 1. The van der Waals surface area contributed by atoms with Crippen molar-refractivity contribution in [1.82, 2.24) is 4.72 Å². The predicted molar refractivity (Wildman–Crippen MR) is 70.6 cm³/mol. The van der Waals surface area contributed by atoms with Gasteiger partial charge in [-0.25, -0.2) is 21.6 Å². The molecule has 0 aliphatic rings. The molecule has 0 fully saturated rings. The lowest BCUT2D eigenvalue weighted by Crippen LogP contribution is -2.28. The fourth-order valence-corrected chi connectivity index (χ4v) is 2.90. The lowest BCUT2D eigenvalue weighted by molar-refractivity contribution is 0.568. The Bertz CT molecular complexity index is 603. The van der Waals surface area contributed by atoms with Crippen molar-refractivity contribution in [2.24, 2.45) is 0 Å². The van der Waals surface area contributed by atoms with Gasteiger partial charge in [0, 0.05) is 12.3 Å². The van der Waals surface area contributed by atoms with E-state index in [4.69, 9.17) is 0 Å². The maximum Gasteiger partial charge on any atom is 0.211 e. The Hall–Kier alpha value is -0.920. The molecule has 1 atom stereocenters. The first kappa shape index (κ1) is 15.1. The third kappa shape index (κ3) is 4.08. The Labute approximate surface area is 108 Å². The molecule has 18 heavy (non-hydrogen) atoms. The molecule has 1 N–H and O–H groups in total. The largest absolute Gasteiger partial charge is 0.224 e. The van der Waals surface area contributed by atoms with Gasteiger partial charge in [-0.05, 0) is 31.5 Å². The monoisotopic (exact) mass is 291 g/mol. The first-order valence-corrected chi connectivity index (χ1v) is 9.00. The second kappa shape index (κ2) is 5.38. The van der Waals surface area contributed by atoms with E-state index in [2.05, 4.69) is 4.72 Å². The molecular formula is C11H17NO4S2. The van der Waals surface area contributed by atoms with E-state index >= 15 is 0 Å². The molecule has 0 bridgehead atoms. The van der Waals surface area contributed by atoms with Crippen LogP contribution in [0.2, 0.25) is 0 Å². The molecule has 0 aliphatic carbocycles. The smallest absolute Gasteiger partial charge is 0.211 e. The van der Waals surface area contributed by atoms with E-state index in [9.17, 15) is 16.8 Å². The van der Waals surface area contributed by atoms with Gasteiger partial charge in [-0.15, -0.1) is 0 Å². The number of sulfone groups is 1. The van der Waals surface area contributed by atoms with Crippen LogP contribution in [0.5, 0.6) is 0 Å². The Morgan fingerprint density at radius 3 is 2.00 bits per heavy atom. The van der Waals surface area contributed by atoms with Gasteiger partial charge in [-0.1, -0.05) is 12.1 Å². The van der Waals surface area contributed by atoms with Gasteiger partial charge < -0.3 is 0 Å². The van der Waals surface area contributed by atoms with Crippen molar-refractivity contribution in [1.29, 1.82) is 0 Å². The molecule has 0 saturated heterocycles. The van der Waals surface area contributed by atoms with Gasteiger partial charge in [0.15, 0.2) is 9.84 Å². The summed E-state index contributed by atoms with van der Waals surface area (Å²) >= 11 is 0. The van der Waals surface area contributed by atoms with Gasteiger partial charge >= 0.3 is 0 Å². The van der Waals surface area contributed by atoms with Crippen LogP contribution in [0, 0.1) is 0 Å². The molecule has 1 aromatic rings. The lowest BCUT2D eigenvalue weighted by Gasteiger charge is -2.14. The number of nitrogens with one attached hydrogen (secondary N) is 1. The van der Waals surface area contributed by atoms with E-state index in [1.807, 2.05) is 0 Å². The van der Waals surface area contributed by atoms with Crippen molar-refractivity contribution in [2.75, 3.05) is 12.0 Å². The highest BCUT2D eigenvalue weighted by Gasteiger charge is 2.14. The third-order valence-electron chi connectivity index (χ3n) is 2.54. The van der Waals surface area contributed by atoms with Crippen molar-refractivity contribution in [3.8, 4) is 0 Å². The quantitative estimate of drug-likeness (QED) is 0.880. The first-order valence-electron chi connectivity index (χ1n) is 5.46. The minimum atomic E-state index is -3.27. The molecule has 0 aliphatic heterocycles. The average molecular weight is 291 g/mol. The summed E-state index contributed by atoms with van der Waals surface area (Å²) < 4.78 is 47.9. The molecule has 0 saturated carbocycles. The average Bonchev–Trinajstić information content (AvgIpc) is 2.27. The number of hydrogen-bond acceptors (Lipinski definition) is 4. The minimum Gasteiger partial charge on any atom is -0.224 e. The van der Waals surface area contributed by atoms with Crippen molar-refractivity contribution in [3.63, 3.8) is 0 Å². The summed E-state index contributed by atoms with van der Waals surface area (Å²) in [7, 11) is -6.50. The summed E-state index contributed by atoms with van der Waals surface area (Å²) in [6.07, 6.45) is 1.13. The topological polar surface area (TPSA) is 80.3 Å². The van der Waals surface area contributed by atoms with E-state index in [0.717, 1.165) is 11.8 Å². The fraction of sp³-hybridized carbons (Fsp3) is 0.455. The Balaban J connectivity index is 2.93. The zero-order chi connectivity index (χ0) is 14.0. The summed E-state index contributed by atoms with van der Waals surface area (Å²) in [5.74, 6) is 0.0127. The Morgan fingerprint density at radius 1 is 1.11 bits per heavy atom. The van der Waals surface area contributed by atoms with E-state index in [0.29, 0.717) is 0 Å². The molecule has 1 aromatic carbocycles. The molecule has 102 valence electrons. The fourth-order valence-electron chi connectivity index (χ4n) is 1.42. The zero-order valence-corrected chi connectivity index (χ0v) is 12.2. The molecule has 1 rings (SSSR count). The van der Waals surface area contributed by atoms with Crippen LogP contribution in [0.25, 0.3) is 0 Å². The molecule has 1 unspecified atom stereocenters. The van der Waals surface area contributed by atoms with Crippen molar-refractivity contribution in [3.05, 3.63) is 29.8 Å². The molecule has 5 nitrogen and oxygen atoms in total. The third-order valence-corrected chi connectivity index (χ3v) is 5.15. The van der Waals surface area contributed by atoms with Gasteiger partial charge in [0.25, 0.3) is 0 Å². The van der Waals surface area contributed by atoms with Crippen LogP contribution in [0.3, 0.4) is 0 Å². The maximum absolute atomic E-state index is 11.4. The lowest BCUT2D eigenvalue weighted by atomic mass is 10.1. The highest BCUT2D eigenvalue weighted by atomic mass is 32.2. The number of benzene rings is 1. The minimum absolute atomic E-state index is 0.0127. The van der Waals surface area contributed by atoms with E-state index in [-0.39, 0.29) is 16.7 Å². The molecular weight excluding hydrogens is 274 g/mol.